The predicted molar refractivity (Wildman–Crippen MR) is 43.5 cm³/mol. The number of hydrogen-bond acceptors (Lipinski definition) is 5. The standard InChI is InChI=1S/C7H3N3O3S/c8-2-5-1-6(3-9)7(10-4-5)14(11,12)13/h1,4H,(H,11,12,13). The molecule has 6 nitrogen and oxygen atoms in total. The lowest BCUT2D eigenvalue weighted by atomic mass is 10.2. The fraction of sp³-hybridized carbons (Fsp3) is 0. The van der Waals surface area contributed by atoms with E-state index in [-0.39, 0.29) is 11.1 Å². The smallest absolute Gasteiger partial charge is 0.281 e. The lowest BCUT2D eigenvalue weighted by molar-refractivity contribution is 0.479. The molecule has 0 saturated heterocycles. The molecule has 7 heteroatoms. The molecule has 70 valence electrons. The number of pyridine rings is 1. The van der Waals surface area contributed by atoms with E-state index in [1.807, 2.05) is 0 Å². The summed E-state index contributed by atoms with van der Waals surface area (Å²) in [4.78, 5) is 3.31. The van der Waals surface area contributed by atoms with E-state index in [0.29, 0.717) is 0 Å². The molecule has 0 radical (unpaired) electrons. The Balaban J connectivity index is 3.53. The van der Waals surface area contributed by atoms with Crippen LogP contribution in [0.15, 0.2) is 17.3 Å². The van der Waals surface area contributed by atoms with Gasteiger partial charge in [-0.3, -0.25) is 4.55 Å². The summed E-state index contributed by atoms with van der Waals surface area (Å²) < 4.78 is 30.0. The van der Waals surface area contributed by atoms with Crippen molar-refractivity contribution in [2.24, 2.45) is 0 Å². The average molecular weight is 209 g/mol. The van der Waals surface area contributed by atoms with E-state index in [1.54, 1.807) is 6.07 Å². The highest BCUT2D eigenvalue weighted by molar-refractivity contribution is 7.85. The highest BCUT2D eigenvalue weighted by atomic mass is 32.2. The summed E-state index contributed by atoms with van der Waals surface area (Å²) in [6.45, 7) is 0. The number of rotatable bonds is 1. The van der Waals surface area contributed by atoms with Gasteiger partial charge in [-0.15, -0.1) is 0 Å². The molecular weight excluding hydrogens is 206 g/mol. The van der Waals surface area contributed by atoms with Crippen LogP contribution < -0.4 is 0 Å². The maximum Gasteiger partial charge on any atom is 0.313 e. The molecule has 0 unspecified atom stereocenters. The summed E-state index contributed by atoms with van der Waals surface area (Å²) in [6, 6.07) is 4.25. The molecule has 14 heavy (non-hydrogen) atoms. The number of nitrogens with zero attached hydrogens (tertiary/aromatic N) is 3. The van der Waals surface area contributed by atoms with Crippen LogP contribution in [0.25, 0.3) is 0 Å². The highest BCUT2D eigenvalue weighted by Crippen LogP contribution is 2.12. The van der Waals surface area contributed by atoms with E-state index in [4.69, 9.17) is 15.1 Å². The normalized spacial score (nSPS) is 10.2. The Bertz CT molecular complexity index is 551. The van der Waals surface area contributed by atoms with Crippen molar-refractivity contribution in [3.05, 3.63) is 23.4 Å². The first-order valence-corrected chi connectivity index (χ1v) is 4.71. The molecule has 0 fully saturated rings. The van der Waals surface area contributed by atoms with E-state index in [0.717, 1.165) is 12.3 Å². The molecule has 0 atom stereocenters. The van der Waals surface area contributed by atoms with Gasteiger partial charge in [-0.2, -0.15) is 18.9 Å². The lowest BCUT2D eigenvalue weighted by Gasteiger charge is -1.97. The fourth-order valence-corrected chi connectivity index (χ4v) is 1.37. The maximum absolute atomic E-state index is 10.7. The summed E-state index contributed by atoms with van der Waals surface area (Å²) in [5.41, 5.74) is -0.305. The fourth-order valence-electron chi connectivity index (χ4n) is 0.799. The van der Waals surface area contributed by atoms with Crippen LogP contribution in [0.2, 0.25) is 0 Å². The van der Waals surface area contributed by atoms with Gasteiger partial charge in [0.2, 0.25) is 0 Å². The Morgan fingerprint density at radius 1 is 1.36 bits per heavy atom. The van der Waals surface area contributed by atoms with Gasteiger partial charge in [0.25, 0.3) is 0 Å². The minimum atomic E-state index is -4.51. The minimum Gasteiger partial charge on any atom is -0.281 e. The number of aromatic nitrogens is 1. The maximum atomic E-state index is 10.7. The zero-order valence-corrected chi connectivity index (χ0v) is 7.48. The van der Waals surface area contributed by atoms with Crippen molar-refractivity contribution in [3.63, 3.8) is 0 Å². The molecule has 0 saturated carbocycles. The third-order valence-corrected chi connectivity index (χ3v) is 2.16. The zero-order chi connectivity index (χ0) is 10.8. The lowest BCUT2D eigenvalue weighted by Crippen LogP contribution is -2.04. The molecule has 1 heterocycles. The van der Waals surface area contributed by atoms with Crippen molar-refractivity contribution in [1.29, 1.82) is 10.5 Å². The van der Waals surface area contributed by atoms with E-state index in [2.05, 4.69) is 4.98 Å². The Hall–Kier alpha value is -1.96. The predicted octanol–water partition coefficient (Wildman–Crippen LogP) is 0.0717. The molecule has 1 N–H and O–H groups in total. The minimum absolute atomic E-state index is 0.0500. The Morgan fingerprint density at radius 3 is 2.43 bits per heavy atom. The topological polar surface area (TPSA) is 115 Å². The highest BCUT2D eigenvalue weighted by Gasteiger charge is 2.17. The molecule has 1 aromatic rings. The number of nitriles is 2. The van der Waals surface area contributed by atoms with E-state index in [1.165, 1.54) is 6.07 Å². The quantitative estimate of drug-likeness (QED) is 0.654. The van der Waals surface area contributed by atoms with Crippen LogP contribution in [0, 0.1) is 22.7 Å². The van der Waals surface area contributed by atoms with Crippen molar-refractivity contribution in [2.45, 2.75) is 5.03 Å². The monoisotopic (exact) mass is 209 g/mol. The molecule has 1 rings (SSSR count). The molecule has 0 amide bonds. The molecule has 0 aliphatic carbocycles. The molecule has 0 aliphatic rings. The summed E-state index contributed by atoms with van der Waals surface area (Å²) in [6.07, 6.45) is 0.962. The second-order valence-electron chi connectivity index (χ2n) is 2.28. The van der Waals surface area contributed by atoms with Crippen LogP contribution >= 0.6 is 0 Å². The van der Waals surface area contributed by atoms with Crippen LogP contribution in [0.3, 0.4) is 0 Å². The largest absolute Gasteiger partial charge is 0.313 e. The second-order valence-corrected chi connectivity index (χ2v) is 3.61. The van der Waals surface area contributed by atoms with Gasteiger partial charge < -0.3 is 0 Å². The molecule has 0 bridgehead atoms. The summed E-state index contributed by atoms with van der Waals surface area (Å²) in [5.74, 6) is 0. The van der Waals surface area contributed by atoms with Gasteiger partial charge in [-0.05, 0) is 6.07 Å². The SMILES string of the molecule is N#Cc1cnc(S(=O)(=O)O)c(C#N)c1. The summed E-state index contributed by atoms with van der Waals surface area (Å²) in [7, 11) is -4.51. The molecule has 0 aromatic carbocycles. The Labute approximate surface area is 79.8 Å². The first kappa shape index (κ1) is 10.1. The van der Waals surface area contributed by atoms with Crippen LogP contribution in [-0.2, 0) is 10.1 Å². The first-order chi connectivity index (χ1) is 6.49. The van der Waals surface area contributed by atoms with Gasteiger partial charge >= 0.3 is 10.1 Å². The van der Waals surface area contributed by atoms with Crippen LogP contribution in [0.5, 0.6) is 0 Å². The van der Waals surface area contributed by atoms with Crippen molar-refractivity contribution < 1.29 is 13.0 Å². The second kappa shape index (κ2) is 3.42. The van der Waals surface area contributed by atoms with Gasteiger partial charge in [0.15, 0.2) is 5.03 Å². The third kappa shape index (κ3) is 1.85. The zero-order valence-electron chi connectivity index (χ0n) is 6.67. The van der Waals surface area contributed by atoms with E-state index >= 15 is 0 Å². The van der Waals surface area contributed by atoms with Gasteiger partial charge in [0.1, 0.15) is 12.1 Å². The molecular formula is C7H3N3O3S. The molecule has 0 aliphatic heterocycles. The van der Waals surface area contributed by atoms with Crippen molar-refractivity contribution in [1.82, 2.24) is 4.98 Å². The van der Waals surface area contributed by atoms with Gasteiger partial charge in [-0.1, -0.05) is 0 Å². The van der Waals surface area contributed by atoms with E-state index in [9.17, 15) is 8.42 Å². The van der Waals surface area contributed by atoms with Gasteiger partial charge in [-0.25, -0.2) is 4.98 Å². The average Bonchev–Trinajstić information content (AvgIpc) is 2.15. The summed E-state index contributed by atoms with van der Waals surface area (Å²) >= 11 is 0. The first-order valence-electron chi connectivity index (χ1n) is 3.27. The molecule has 0 spiro atoms. The van der Waals surface area contributed by atoms with Gasteiger partial charge in [0.05, 0.1) is 11.1 Å². The molecule has 1 aromatic heterocycles. The Kier molecular flexibility index (Phi) is 2.47. The van der Waals surface area contributed by atoms with Crippen molar-refractivity contribution in [2.75, 3.05) is 0 Å². The van der Waals surface area contributed by atoms with Crippen LogP contribution in [0.4, 0.5) is 0 Å². The van der Waals surface area contributed by atoms with Crippen LogP contribution in [0.1, 0.15) is 11.1 Å². The van der Waals surface area contributed by atoms with Crippen LogP contribution in [-0.4, -0.2) is 18.0 Å². The Morgan fingerprint density at radius 2 is 2.00 bits per heavy atom. The van der Waals surface area contributed by atoms with E-state index < -0.39 is 15.1 Å². The van der Waals surface area contributed by atoms with Crippen molar-refractivity contribution in [3.8, 4) is 12.1 Å². The summed E-state index contributed by atoms with van der Waals surface area (Å²) in [5, 5.41) is 16.2. The third-order valence-electron chi connectivity index (χ3n) is 1.35. The number of hydrogen-bond donors (Lipinski definition) is 1. The van der Waals surface area contributed by atoms with Gasteiger partial charge in [0, 0.05) is 6.20 Å². The van der Waals surface area contributed by atoms with Crippen molar-refractivity contribution >= 4 is 10.1 Å².